The molecular weight excluding hydrogens is 358 g/mol. The summed E-state index contributed by atoms with van der Waals surface area (Å²) in [4.78, 5) is 11.5. The van der Waals surface area contributed by atoms with E-state index in [0.717, 1.165) is 35.4 Å². The van der Waals surface area contributed by atoms with Gasteiger partial charge in [0.15, 0.2) is 6.29 Å². The Morgan fingerprint density at radius 2 is 2.19 bits per heavy atom. The number of benzene rings is 1. The van der Waals surface area contributed by atoms with Crippen LogP contribution < -0.4 is 15.5 Å². The van der Waals surface area contributed by atoms with Gasteiger partial charge in [0.05, 0.1) is 29.1 Å². The summed E-state index contributed by atoms with van der Waals surface area (Å²) in [5, 5.41) is 9.78. The Balaban J connectivity index is 2.11. The van der Waals surface area contributed by atoms with E-state index in [2.05, 4.69) is 42.0 Å². The van der Waals surface area contributed by atoms with E-state index in [4.69, 9.17) is 9.84 Å². The lowest BCUT2D eigenvalue weighted by molar-refractivity contribution is -0.104. The number of hydrogen-bond acceptors (Lipinski definition) is 6. The minimum Gasteiger partial charge on any atom is -0.491 e. The summed E-state index contributed by atoms with van der Waals surface area (Å²) < 4.78 is 5.85. The molecule has 1 aromatic carbocycles. The van der Waals surface area contributed by atoms with Crippen LogP contribution in [0.2, 0.25) is 0 Å². The van der Waals surface area contributed by atoms with Crippen LogP contribution in [0.25, 0.3) is 0 Å². The molecule has 0 bridgehead atoms. The summed E-state index contributed by atoms with van der Waals surface area (Å²) in [6, 6.07) is 5.89. The van der Waals surface area contributed by atoms with Gasteiger partial charge in [-0.2, -0.15) is 5.10 Å². The number of fused-ring (bicyclic) bond motifs is 1. The zero-order chi connectivity index (χ0) is 19.3. The Morgan fingerprint density at radius 1 is 1.33 bits per heavy atom. The van der Waals surface area contributed by atoms with Crippen molar-refractivity contribution in [2.75, 3.05) is 11.2 Å². The topological polar surface area (TPSA) is 62.7 Å². The number of hydrazone groups is 1. The molecule has 1 unspecified atom stereocenters. The van der Waals surface area contributed by atoms with Crippen LogP contribution in [0.3, 0.4) is 0 Å². The third-order valence-corrected chi connectivity index (χ3v) is 5.08. The van der Waals surface area contributed by atoms with Gasteiger partial charge in [-0.1, -0.05) is 31.2 Å². The van der Waals surface area contributed by atoms with Gasteiger partial charge in [-0.3, -0.25) is 10.2 Å². The van der Waals surface area contributed by atoms with E-state index in [1.54, 1.807) is 5.41 Å². The fraction of sp³-hybridized carbons (Fsp3) is 0.333. The quantitative estimate of drug-likeness (QED) is 0.753. The van der Waals surface area contributed by atoms with Crippen LogP contribution in [-0.2, 0) is 4.79 Å². The largest absolute Gasteiger partial charge is 0.491 e. The maximum atomic E-state index is 11.5. The lowest BCUT2D eigenvalue weighted by Gasteiger charge is -2.30. The van der Waals surface area contributed by atoms with Crippen molar-refractivity contribution in [1.29, 1.82) is 0 Å². The van der Waals surface area contributed by atoms with Crippen molar-refractivity contribution in [3.63, 3.8) is 0 Å². The monoisotopic (exact) mass is 383 g/mol. The molecule has 2 N–H and O–H groups in total. The highest BCUT2D eigenvalue weighted by Gasteiger charge is 2.31. The average Bonchev–Trinajstić information content (AvgIpc) is 2.64. The number of nitrogens with one attached hydrogen (secondary N) is 2. The normalized spacial score (nSPS) is 25.9. The van der Waals surface area contributed by atoms with Gasteiger partial charge in [-0.15, -0.1) is 11.8 Å². The number of carbonyl (C=O) groups excluding carboxylic acids is 1. The maximum Gasteiger partial charge on any atom is 0.166 e. The van der Waals surface area contributed by atoms with Gasteiger partial charge in [0.1, 0.15) is 5.75 Å². The van der Waals surface area contributed by atoms with Crippen LogP contribution in [0.5, 0.6) is 5.75 Å². The number of allylic oxidation sites excluding steroid dienone is 5. The van der Waals surface area contributed by atoms with Crippen LogP contribution in [0.1, 0.15) is 32.8 Å². The summed E-state index contributed by atoms with van der Waals surface area (Å²) in [6.45, 7) is 6.15. The minimum atomic E-state index is -0.243. The van der Waals surface area contributed by atoms with E-state index in [1.807, 2.05) is 32.0 Å². The van der Waals surface area contributed by atoms with Crippen molar-refractivity contribution in [2.24, 2.45) is 10.5 Å². The number of hydrogen-bond donors (Lipinski definition) is 2. The van der Waals surface area contributed by atoms with Crippen molar-refractivity contribution in [3.05, 3.63) is 59.2 Å². The van der Waals surface area contributed by atoms with Crippen molar-refractivity contribution in [1.82, 2.24) is 5.43 Å². The Bertz CT molecular complexity index is 827. The number of thioether (sulfide) groups is 1. The zero-order valence-corrected chi connectivity index (χ0v) is 16.7. The van der Waals surface area contributed by atoms with Gasteiger partial charge in [-0.05, 0) is 37.8 Å². The van der Waals surface area contributed by atoms with E-state index < -0.39 is 0 Å². The van der Waals surface area contributed by atoms with E-state index in [0.29, 0.717) is 11.6 Å². The fourth-order valence-corrected chi connectivity index (χ4v) is 3.62. The third kappa shape index (κ3) is 4.63. The second kappa shape index (κ2) is 8.48. The van der Waals surface area contributed by atoms with Gasteiger partial charge < -0.3 is 10.1 Å². The van der Waals surface area contributed by atoms with Gasteiger partial charge >= 0.3 is 0 Å². The van der Waals surface area contributed by atoms with Gasteiger partial charge in [0, 0.05) is 17.0 Å². The van der Waals surface area contributed by atoms with Crippen LogP contribution >= 0.6 is 11.8 Å². The van der Waals surface area contributed by atoms with Crippen molar-refractivity contribution < 1.29 is 9.53 Å². The summed E-state index contributed by atoms with van der Waals surface area (Å²) >= 11 is 1.48. The predicted molar refractivity (Wildman–Crippen MR) is 113 cm³/mol. The van der Waals surface area contributed by atoms with Crippen molar-refractivity contribution in [2.45, 2.75) is 33.3 Å². The van der Waals surface area contributed by atoms with Crippen molar-refractivity contribution >= 4 is 29.4 Å². The average molecular weight is 384 g/mol. The standard InChI is InChI=1S/C21H25N3O2S/c1-15(2)26-17-7-8-18-19(11-17)23-16(12-25)13-27-14-22-24-20(18)21(3)9-5-4-6-10-21/h4-9,11-13,15,22-23H,10,14H2,1-3H3/b16-13-,24-20+. The molecule has 0 spiro atoms. The third-order valence-electron chi connectivity index (χ3n) is 4.37. The van der Waals surface area contributed by atoms with E-state index >= 15 is 0 Å². The molecular formula is C21H25N3O2S. The molecule has 0 radical (unpaired) electrons. The number of nitrogens with zero attached hydrogens (tertiary/aromatic N) is 1. The number of ether oxygens (including phenoxy) is 1. The second-order valence-electron chi connectivity index (χ2n) is 7.03. The Labute approximate surface area is 164 Å². The molecule has 2 aliphatic rings. The number of anilines is 1. The van der Waals surface area contributed by atoms with Crippen LogP contribution in [0, 0.1) is 5.41 Å². The number of rotatable bonds is 4. The van der Waals surface area contributed by atoms with Gasteiger partial charge in [-0.25, -0.2) is 0 Å². The molecule has 0 fully saturated rings. The maximum absolute atomic E-state index is 11.5. The fourth-order valence-electron chi connectivity index (χ4n) is 3.10. The summed E-state index contributed by atoms with van der Waals surface area (Å²) in [7, 11) is 0. The minimum absolute atomic E-state index is 0.0676. The Kier molecular flexibility index (Phi) is 6.06. The molecule has 142 valence electrons. The molecule has 0 saturated carbocycles. The first-order valence-corrected chi connectivity index (χ1v) is 10.1. The lowest BCUT2D eigenvalue weighted by atomic mass is 9.76. The Morgan fingerprint density at radius 3 is 2.89 bits per heavy atom. The zero-order valence-electron chi connectivity index (χ0n) is 15.9. The van der Waals surface area contributed by atoms with Gasteiger partial charge in [0.2, 0.25) is 0 Å². The molecule has 27 heavy (non-hydrogen) atoms. The van der Waals surface area contributed by atoms with E-state index in [9.17, 15) is 4.79 Å². The smallest absolute Gasteiger partial charge is 0.166 e. The number of aldehydes is 1. The summed E-state index contributed by atoms with van der Waals surface area (Å²) in [6.07, 6.45) is 10.2. The second-order valence-corrected chi connectivity index (χ2v) is 7.89. The summed E-state index contributed by atoms with van der Waals surface area (Å²) in [5.74, 6) is 1.34. The highest BCUT2D eigenvalue weighted by Crippen LogP contribution is 2.36. The van der Waals surface area contributed by atoms with Crippen molar-refractivity contribution in [3.8, 4) is 5.75 Å². The molecule has 0 aromatic heterocycles. The van der Waals surface area contributed by atoms with E-state index in [-0.39, 0.29) is 11.5 Å². The highest BCUT2D eigenvalue weighted by molar-refractivity contribution is 8.02. The highest BCUT2D eigenvalue weighted by atomic mass is 32.2. The molecule has 6 heteroatoms. The first kappa shape index (κ1) is 19.3. The lowest BCUT2D eigenvalue weighted by Crippen LogP contribution is -2.30. The van der Waals surface area contributed by atoms with Crippen LogP contribution in [0.15, 0.2) is 58.7 Å². The summed E-state index contributed by atoms with van der Waals surface area (Å²) in [5.41, 5.74) is 6.08. The molecule has 0 saturated heterocycles. The molecule has 1 aromatic rings. The molecule has 3 rings (SSSR count). The number of carbonyl (C=O) groups is 1. The molecule has 1 heterocycles. The molecule has 1 aliphatic carbocycles. The van der Waals surface area contributed by atoms with Gasteiger partial charge in [0.25, 0.3) is 0 Å². The predicted octanol–water partition coefficient (Wildman–Crippen LogP) is 4.45. The Hall–Kier alpha value is -2.47. The van der Waals surface area contributed by atoms with Crippen LogP contribution in [0.4, 0.5) is 5.69 Å². The first-order valence-electron chi connectivity index (χ1n) is 9.02. The first-order chi connectivity index (χ1) is 13.0. The molecule has 1 aliphatic heterocycles. The molecule has 5 nitrogen and oxygen atoms in total. The molecule has 1 atom stereocenters. The van der Waals surface area contributed by atoms with Crippen LogP contribution in [-0.4, -0.2) is 24.0 Å². The molecule has 0 amide bonds. The SMILES string of the molecule is CC(C)Oc1ccc2c(c1)N/C(C=O)=C\SCN/N=C\2C1(C)C=CC=CC1. The van der Waals surface area contributed by atoms with E-state index in [1.165, 1.54) is 11.8 Å².